The molecule has 1 aromatic carbocycles. The third-order valence-electron chi connectivity index (χ3n) is 3.88. The van der Waals surface area contributed by atoms with E-state index in [1.165, 1.54) is 6.92 Å². The average molecular weight is 459 g/mol. The van der Waals surface area contributed by atoms with Crippen LogP contribution >= 0.6 is 0 Å². The summed E-state index contributed by atoms with van der Waals surface area (Å²) in [6.45, 7) is 8.77. The third kappa shape index (κ3) is 20.3. The quantitative estimate of drug-likeness (QED) is 0.180. The maximum absolute atomic E-state index is 10.5. The Balaban J connectivity index is 1.65. The molecule has 0 bridgehead atoms. The topological polar surface area (TPSA) is 90.9 Å². The maximum atomic E-state index is 10.5. The fraction of sp³-hybridized carbons (Fsp3) is 0.696. The van der Waals surface area contributed by atoms with Crippen LogP contribution < -0.4 is 0 Å². The van der Waals surface area contributed by atoms with E-state index in [9.17, 15) is 4.79 Å². The highest BCUT2D eigenvalue weighted by Crippen LogP contribution is 1.99. The van der Waals surface area contributed by atoms with Gasteiger partial charge >= 0.3 is 5.97 Å². The molecule has 0 aliphatic carbocycles. The van der Waals surface area contributed by atoms with Gasteiger partial charge < -0.3 is 37.9 Å². The highest BCUT2D eigenvalue weighted by molar-refractivity contribution is 5.65. The van der Waals surface area contributed by atoms with Crippen LogP contribution in [-0.4, -0.2) is 98.5 Å². The van der Waals surface area contributed by atoms with Gasteiger partial charge in [-0.15, -0.1) is 0 Å². The molecule has 0 unspecified atom stereocenters. The van der Waals surface area contributed by atoms with Crippen molar-refractivity contribution in [3.05, 3.63) is 35.9 Å². The number of benzene rings is 1. The normalized spacial score (nSPS) is 11.0. The lowest BCUT2D eigenvalue weighted by Gasteiger charge is -2.08. The van der Waals surface area contributed by atoms with E-state index >= 15 is 0 Å². The van der Waals surface area contributed by atoms with E-state index in [0.29, 0.717) is 92.5 Å². The van der Waals surface area contributed by atoms with Crippen LogP contribution in [0, 0.1) is 0 Å². The van der Waals surface area contributed by atoms with Crippen LogP contribution in [0.25, 0.3) is 0 Å². The van der Waals surface area contributed by atoms with E-state index in [1.54, 1.807) is 0 Å². The lowest BCUT2D eigenvalue weighted by molar-refractivity contribution is -0.142. The summed E-state index contributed by atoms with van der Waals surface area (Å²) in [7, 11) is 0. The highest BCUT2D eigenvalue weighted by Gasteiger charge is 1.96. The third-order valence-corrected chi connectivity index (χ3v) is 3.88. The van der Waals surface area contributed by atoms with E-state index in [4.69, 9.17) is 37.9 Å². The standard InChI is InChI=1S/C23H38O9/c1-22(24)32-20-19-30-16-15-28-12-11-26-8-7-25-9-10-27-13-14-29-17-18-31-21-23-5-3-2-4-6-23/h2-6H,7-21H2,1H3. The van der Waals surface area contributed by atoms with Crippen LogP contribution in [0.5, 0.6) is 0 Å². The first-order valence-corrected chi connectivity index (χ1v) is 11.0. The summed E-state index contributed by atoms with van der Waals surface area (Å²) in [4.78, 5) is 10.5. The SMILES string of the molecule is CC(=O)OCCOCCOCCOCCOCCOCCOCCOCc1ccccc1. The fourth-order valence-electron chi connectivity index (χ4n) is 2.33. The molecule has 0 fully saturated rings. The van der Waals surface area contributed by atoms with E-state index in [2.05, 4.69) is 0 Å². The molecule has 9 heteroatoms. The number of hydrogen-bond donors (Lipinski definition) is 0. The number of carbonyl (C=O) groups excluding carboxylic acids is 1. The van der Waals surface area contributed by atoms with E-state index in [1.807, 2.05) is 30.3 Å². The zero-order valence-corrected chi connectivity index (χ0v) is 19.2. The largest absolute Gasteiger partial charge is 0.463 e. The van der Waals surface area contributed by atoms with Gasteiger partial charge in [0.25, 0.3) is 0 Å². The first kappa shape index (κ1) is 28.4. The first-order chi connectivity index (χ1) is 15.8. The van der Waals surface area contributed by atoms with Crippen molar-refractivity contribution in [2.24, 2.45) is 0 Å². The van der Waals surface area contributed by atoms with Crippen LogP contribution in [0.3, 0.4) is 0 Å². The average Bonchev–Trinajstić information content (AvgIpc) is 2.80. The fourth-order valence-corrected chi connectivity index (χ4v) is 2.33. The molecule has 9 nitrogen and oxygen atoms in total. The molecule has 0 aliphatic heterocycles. The van der Waals surface area contributed by atoms with Crippen molar-refractivity contribution < 1.29 is 42.7 Å². The molecule has 0 N–H and O–H groups in total. The molecule has 1 rings (SSSR count). The van der Waals surface area contributed by atoms with Gasteiger partial charge in [-0.25, -0.2) is 0 Å². The van der Waals surface area contributed by atoms with Gasteiger partial charge in [0.05, 0.1) is 92.5 Å². The Labute approximate surface area is 191 Å². The van der Waals surface area contributed by atoms with Crippen LogP contribution in [0.4, 0.5) is 0 Å². The Bertz CT molecular complexity index is 527. The van der Waals surface area contributed by atoms with Crippen molar-refractivity contribution in [1.82, 2.24) is 0 Å². The Hall–Kier alpha value is -1.59. The van der Waals surface area contributed by atoms with Crippen molar-refractivity contribution in [2.45, 2.75) is 13.5 Å². The Kier molecular flexibility index (Phi) is 20.1. The van der Waals surface area contributed by atoms with Crippen molar-refractivity contribution >= 4 is 5.97 Å². The second-order valence-electron chi connectivity index (χ2n) is 6.55. The van der Waals surface area contributed by atoms with Crippen LogP contribution in [-0.2, 0) is 49.3 Å². The molecule has 0 heterocycles. The lowest BCUT2D eigenvalue weighted by Crippen LogP contribution is -2.15. The van der Waals surface area contributed by atoms with Crippen molar-refractivity contribution in [1.29, 1.82) is 0 Å². The highest BCUT2D eigenvalue weighted by atomic mass is 16.6. The van der Waals surface area contributed by atoms with Crippen molar-refractivity contribution in [3.8, 4) is 0 Å². The number of carbonyl (C=O) groups is 1. The smallest absolute Gasteiger partial charge is 0.302 e. The van der Waals surface area contributed by atoms with Crippen LogP contribution in [0.1, 0.15) is 12.5 Å². The molecular weight excluding hydrogens is 420 g/mol. The minimum absolute atomic E-state index is 0.266. The van der Waals surface area contributed by atoms with Gasteiger partial charge in [0.2, 0.25) is 0 Å². The van der Waals surface area contributed by atoms with Gasteiger partial charge in [-0.3, -0.25) is 4.79 Å². The summed E-state index contributed by atoms with van der Waals surface area (Å²) in [6, 6.07) is 10.1. The Morgan fingerprint density at radius 3 is 1.25 bits per heavy atom. The molecule has 0 radical (unpaired) electrons. The molecule has 1 aromatic rings. The number of hydrogen-bond acceptors (Lipinski definition) is 9. The number of esters is 1. The molecule has 0 saturated carbocycles. The number of ether oxygens (including phenoxy) is 8. The van der Waals surface area contributed by atoms with Gasteiger partial charge in [-0.05, 0) is 5.56 Å². The van der Waals surface area contributed by atoms with Crippen molar-refractivity contribution in [3.63, 3.8) is 0 Å². The Morgan fingerprint density at radius 2 is 0.875 bits per heavy atom. The van der Waals surface area contributed by atoms with Gasteiger partial charge in [0, 0.05) is 6.92 Å². The first-order valence-electron chi connectivity index (χ1n) is 11.0. The molecule has 0 aromatic heterocycles. The second-order valence-corrected chi connectivity index (χ2v) is 6.55. The van der Waals surface area contributed by atoms with E-state index < -0.39 is 0 Å². The van der Waals surface area contributed by atoms with Gasteiger partial charge in [-0.1, -0.05) is 30.3 Å². The zero-order valence-electron chi connectivity index (χ0n) is 19.2. The summed E-state index contributed by atoms with van der Waals surface area (Å²) in [5.74, 6) is -0.305. The molecule has 0 aliphatic rings. The van der Waals surface area contributed by atoms with E-state index in [-0.39, 0.29) is 12.6 Å². The van der Waals surface area contributed by atoms with Crippen LogP contribution in [0.15, 0.2) is 30.3 Å². The summed E-state index contributed by atoms with van der Waals surface area (Å²) in [5, 5.41) is 0. The number of rotatable bonds is 23. The molecular formula is C23H38O9. The summed E-state index contributed by atoms with van der Waals surface area (Å²) >= 11 is 0. The molecule has 0 amide bonds. The maximum Gasteiger partial charge on any atom is 0.302 e. The van der Waals surface area contributed by atoms with E-state index in [0.717, 1.165) is 5.56 Å². The summed E-state index contributed by atoms with van der Waals surface area (Å²) in [5.41, 5.74) is 1.16. The molecule has 0 saturated heterocycles. The summed E-state index contributed by atoms with van der Waals surface area (Å²) in [6.07, 6.45) is 0. The lowest BCUT2D eigenvalue weighted by atomic mass is 10.2. The molecule has 32 heavy (non-hydrogen) atoms. The van der Waals surface area contributed by atoms with Gasteiger partial charge in [0.15, 0.2) is 0 Å². The summed E-state index contributed by atoms with van der Waals surface area (Å²) < 4.78 is 42.6. The monoisotopic (exact) mass is 458 g/mol. The van der Waals surface area contributed by atoms with Gasteiger partial charge in [0.1, 0.15) is 6.61 Å². The molecule has 0 atom stereocenters. The minimum Gasteiger partial charge on any atom is -0.463 e. The van der Waals surface area contributed by atoms with Gasteiger partial charge in [-0.2, -0.15) is 0 Å². The predicted molar refractivity (Wildman–Crippen MR) is 118 cm³/mol. The molecule has 0 spiro atoms. The van der Waals surface area contributed by atoms with Crippen molar-refractivity contribution in [2.75, 3.05) is 92.5 Å². The second kappa shape index (κ2) is 22.6. The predicted octanol–water partition coefficient (Wildman–Crippen LogP) is 1.87. The Morgan fingerprint density at radius 1 is 0.531 bits per heavy atom. The molecule has 184 valence electrons. The zero-order chi connectivity index (χ0) is 23.0. The minimum atomic E-state index is -0.305. The van der Waals surface area contributed by atoms with Crippen LogP contribution in [0.2, 0.25) is 0 Å².